The molecule has 70 valence electrons. The van der Waals surface area contributed by atoms with Crippen LogP contribution in [0.1, 0.15) is 6.42 Å². The van der Waals surface area contributed by atoms with Crippen molar-refractivity contribution in [3.8, 4) is 0 Å². The first-order valence-corrected chi connectivity index (χ1v) is 3.94. The average Bonchev–Trinajstić information content (AvgIpc) is 2.43. The van der Waals surface area contributed by atoms with Gasteiger partial charge in [0.25, 0.3) is 0 Å². The van der Waals surface area contributed by atoms with E-state index in [2.05, 4.69) is 0 Å². The summed E-state index contributed by atoms with van der Waals surface area (Å²) in [6.07, 6.45) is -2.13. The minimum atomic E-state index is -1.09. The van der Waals surface area contributed by atoms with E-state index in [1.807, 2.05) is 0 Å². The highest BCUT2D eigenvalue weighted by atomic mass is 16.7. The van der Waals surface area contributed by atoms with Crippen molar-refractivity contribution < 1.29 is 24.8 Å². The zero-order valence-electron chi connectivity index (χ0n) is 6.51. The molecule has 0 radical (unpaired) electrons. The molecule has 3 N–H and O–H groups in total. The minimum Gasteiger partial charge on any atom is -0.393 e. The third kappa shape index (κ3) is 0.982. The van der Waals surface area contributed by atoms with Gasteiger partial charge in [-0.25, -0.2) is 0 Å². The van der Waals surface area contributed by atoms with Crippen molar-refractivity contribution in [2.24, 2.45) is 0 Å². The van der Waals surface area contributed by atoms with Crippen LogP contribution in [0.3, 0.4) is 0 Å². The van der Waals surface area contributed by atoms with Gasteiger partial charge in [-0.3, -0.25) is 0 Å². The maximum Gasteiger partial charge on any atom is 0.161 e. The van der Waals surface area contributed by atoms with Crippen molar-refractivity contribution in [1.82, 2.24) is 0 Å². The first kappa shape index (κ1) is 8.40. The summed E-state index contributed by atoms with van der Waals surface area (Å²) in [6, 6.07) is 0. The molecule has 2 aliphatic rings. The first-order chi connectivity index (χ1) is 5.68. The normalized spacial score (nSPS) is 52.8. The summed E-state index contributed by atoms with van der Waals surface area (Å²) < 4.78 is 10.3. The van der Waals surface area contributed by atoms with Gasteiger partial charge in [0.2, 0.25) is 0 Å². The van der Waals surface area contributed by atoms with Gasteiger partial charge in [0, 0.05) is 6.42 Å². The summed E-state index contributed by atoms with van der Waals surface area (Å²) >= 11 is 0. The van der Waals surface area contributed by atoms with E-state index in [0.29, 0.717) is 0 Å². The van der Waals surface area contributed by atoms with Gasteiger partial charge in [0.05, 0.1) is 19.3 Å². The lowest BCUT2D eigenvalue weighted by Gasteiger charge is -2.37. The van der Waals surface area contributed by atoms with Crippen LogP contribution in [0.2, 0.25) is 0 Å². The number of fused-ring (bicyclic) bond motifs is 2. The van der Waals surface area contributed by atoms with Gasteiger partial charge >= 0.3 is 0 Å². The third-order valence-electron chi connectivity index (χ3n) is 2.48. The number of hydrogen-bond acceptors (Lipinski definition) is 5. The Bertz CT molecular complexity index is 185. The Morgan fingerprint density at radius 2 is 2.17 bits per heavy atom. The van der Waals surface area contributed by atoms with E-state index in [9.17, 15) is 10.2 Å². The van der Waals surface area contributed by atoms with Crippen LogP contribution in [-0.4, -0.2) is 52.6 Å². The predicted octanol–water partition coefficient (Wildman–Crippen LogP) is -1.78. The lowest BCUT2D eigenvalue weighted by molar-refractivity contribution is -0.219. The zero-order valence-corrected chi connectivity index (χ0v) is 6.51. The van der Waals surface area contributed by atoms with Crippen LogP contribution < -0.4 is 0 Å². The molecule has 2 heterocycles. The predicted molar refractivity (Wildman–Crippen MR) is 37.3 cm³/mol. The molecule has 3 unspecified atom stereocenters. The standard InChI is InChI=1S/C7H12O5/c8-2-7-3-11-5(12-7)1-4(9)6(7)10/h4-6,8-10H,1-3H2/t4?,5?,6?,7-/m0/s1. The fourth-order valence-electron chi connectivity index (χ4n) is 1.69. The van der Waals surface area contributed by atoms with Crippen LogP contribution in [0.15, 0.2) is 0 Å². The SMILES string of the molecule is OC[C@]12COC(CC(O)C1O)O2. The van der Waals surface area contributed by atoms with Gasteiger partial charge in [-0.15, -0.1) is 0 Å². The summed E-state index contributed by atoms with van der Waals surface area (Å²) in [5.41, 5.74) is -1.09. The van der Waals surface area contributed by atoms with Crippen molar-refractivity contribution in [3.05, 3.63) is 0 Å². The molecule has 0 aromatic heterocycles. The largest absolute Gasteiger partial charge is 0.393 e. The van der Waals surface area contributed by atoms with E-state index >= 15 is 0 Å². The van der Waals surface area contributed by atoms with E-state index in [-0.39, 0.29) is 19.6 Å². The van der Waals surface area contributed by atoms with E-state index in [1.54, 1.807) is 0 Å². The zero-order chi connectivity index (χ0) is 8.77. The van der Waals surface area contributed by atoms with Gasteiger partial charge in [0.1, 0.15) is 11.7 Å². The van der Waals surface area contributed by atoms with Gasteiger partial charge in [-0.05, 0) is 0 Å². The van der Waals surface area contributed by atoms with Gasteiger partial charge < -0.3 is 24.8 Å². The fourth-order valence-corrected chi connectivity index (χ4v) is 1.69. The maximum atomic E-state index is 9.50. The van der Waals surface area contributed by atoms with Gasteiger partial charge in [0.15, 0.2) is 6.29 Å². The molecule has 2 fully saturated rings. The molecule has 2 aliphatic heterocycles. The molecule has 0 spiro atoms. The molecule has 2 saturated heterocycles. The molecule has 5 heteroatoms. The van der Waals surface area contributed by atoms with Crippen LogP contribution >= 0.6 is 0 Å². The van der Waals surface area contributed by atoms with Crippen LogP contribution in [0.4, 0.5) is 0 Å². The molecule has 0 aromatic rings. The Morgan fingerprint density at radius 3 is 2.83 bits per heavy atom. The maximum absolute atomic E-state index is 9.50. The molecule has 2 bridgehead atoms. The van der Waals surface area contributed by atoms with Gasteiger partial charge in [-0.2, -0.15) is 0 Å². The summed E-state index contributed by atoms with van der Waals surface area (Å²) in [5.74, 6) is 0. The number of rotatable bonds is 1. The summed E-state index contributed by atoms with van der Waals surface area (Å²) in [7, 11) is 0. The average molecular weight is 176 g/mol. The topological polar surface area (TPSA) is 79.2 Å². The van der Waals surface area contributed by atoms with Gasteiger partial charge in [-0.1, -0.05) is 0 Å². The summed E-state index contributed by atoms with van der Waals surface area (Å²) in [5, 5.41) is 27.8. The first-order valence-electron chi connectivity index (χ1n) is 3.94. The smallest absolute Gasteiger partial charge is 0.161 e. The van der Waals surface area contributed by atoms with Crippen LogP contribution in [0, 0.1) is 0 Å². The molecule has 0 saturated carbocycles. The van der Waals surface area contributed by atoms with Crippen molar-refractivity contribution in [2.45, 2.75) is 30.5 Å². The number of aliphatic hydroxyl groups is 3. The van der Waals surface area contributed by atoms with E-state index in [4.69, 9.17) is 14.6 Å². The Hall–Kier alpha value is -0.200. The number of aliphatic hydroxyl groups excluding tert-OH is 3. The van der Waals surface area contributed by atoms with Crippen molar-refractivity contribution in [3.63, 3.8) is 0 Å². The molecule has 12 heavy (non-hydrogen) atoms. The molecule has 2 rings (SSSR count). The molecule has 0 aliphatic carbocycles. The summed E-state index contributed by atoms with van der Waals surface area (Å²) in [6.45, 7) is -0.186. The van der Waals surface area contributed by atoms with E-state index < -0.39 is 24.1 Å². The second kappa shape index (κ2) is 2.65. The number of hydrogen-bond donors (Lipinski definition) is 3. The van der Waals surface area contributed by atoms with Crippen molar-refractivity contribution in [1.29, 1.82) is 0 Å². The third-order valence-corrected chi connectivity index (χ3v) is 2.48. The molecular formula is C7H12O5. The summed E-state index contributed by atoms with van der Waals surface area (Å²) in [4.78, 5) is 0. The van der Waals surface area contributed by atoms with Crippen molar-refractivity contribution >= 4 is 0 Å². The Balaban J connectivity index is 2.21. The second-order valence-electron chi connectivity index (χ2n) is 3.33. The van der Waals surface area contributed by atoms with E-state index in [1.165, 1.54) is 0 Å². The second-order valence-corrected chi connectivity index (χ2v) is 3.33. The lowest BCUT2D eigenvalue weighted by Crippen LogP contribution is -2.56. The molecule has 5 nitrogen and oxygen atoms in total. The Morgan fingerprint density at radius 1 is 1.42 bits per heavy atom. The van der Waals surface area contributed by atoms with Crippen LogP contribution in [0.5, 0.6) is 0 Å². The highest BCUT2D eigenvalue weighted by Gasteiger charge is 2.54. The van der Waals surface area contributed by atoms with Crippen molar-refractivity contribution in [2.75, 3.05) is 13.2 Å². The molecule has 0 aromatic carbocycles. The van der Waals surface area contributed by atoms with Crippen LogP contribution in [-0.2, 0) is 9.47 Å². The fraction of sp³-hybridized carbons (Fsp3) is 1.00. The van der Waals surface area contributed by atoms with E-state index in [0.717, 1.165) is 0 Å². The quantitative estimate of drug-likeness (QED) is 0.440. The van der Waals surface area contributed by atoms with Crippen LogP contribution in [0.25, 0.3) is 0 Å². The molecular weight excluding hydrogens is 164 g/mol. The highest BCUT2D eigenvalue weighted by molar-refractivity contribution is 4.99. The molecule has 0 amide bonds. The monoisotopic (exact) mass is 176 g/mol. The minimum absolute atomic E-state index is 0.145. The number of ether oxygens (including phenoxy) is 2. The Labute approximate surface area is 69.5 Å². The Kier molecular flexibility index (Phi) is 1.85. The highest BCUT2D eigenvalue weighted by Crippen LogP contribution is 2.35. The molecule has 4 atom stereocenters. The lowest BCUT2D eigenvalue weighted by atomic mass is 9.91.